The zero-order valence-corrected chi connectivity index (χ0v) is 23.3. The van der Waals surface area contributed by atoms with Gasteiger partial charge in [0.05, 0.1) is 29.4 Å². The van der Waals surface area contributed by atoms with Crippen LogP contribution in [0.3, 0.4) is 0 Å². The summed E-state index contributed by atoms with van der Waals surface area (Å²) in [4.78, 5) is 9.46. The zero-order chi connectivity index (χ0) is 24.7. The number of nitrogens with zero attached hydrogens (tertiary/aromatic N) is 3. The largest absolute Gasteiger partial charge is 0.456 e. The van der Waals surface area contributed by atoms with E-state index in [4.69, 9.17) is 40.5 Å². The maximum atomic E-state index is 10.1. The Hall–Kier alpha value is -1.53. The SMILES string of the molecule is C[Si](C)(C)CCOCn1c(O[C@@H]2CO[C@H]3C2OC[C@H]3O)nc2nc(-c3ccc(Br)cc3)c(Cl)cc21. The molecule has 11 heteroatoms. The predicted octanol–water partition coefficient (Wildman–Crippen LogP) is 4.73. The third-order valence-electron chi connectivity index (χ3n) is 6.23. The van der Waals surface area contributed by atoms with E-state index in [0.29, 0.717) is 35.6 Å². The van der Waals surface area contributed by atoms with Crippen molar-refractivity contribution in [3.05, 3.63) is 39.8 Å². The third-order valence-corrected chi connectivity index (χ3v) is 8.75. The number of aliphatic hydroxyl groups is 1. The summed E-state index contributed by atoms with van der Waals surface area (Å²) >= 11 is 10.1. The molecule has 3 aromatic rings. The summed E-state index contributed by atoms with van der Waals surface area (Å²) in [5.74, 6) is 0. The van der Waals surface area contributed by atoms with Gasteiger partial charge in [0.25, 0.3) is 0 Å². The molecule has 4 heterocycles. The molecule has 0 radical (unpaired) electrons. The number of imidazole rings is 1. The van der Waals surface area contributed by atoms with Crippen LogP contribution in [0.2, 0.25) is 30.7 Å². The molecular formula is C24H29BrClN3O5Si. The van der Waals surface area contributed by atoms with Gasteiger partial charge >= 0.3 is 6.01 Å². The number of aliphatic hydroxyl groups excluding tert-OH is 1. The highest BCUT2D eigenvalue weighted by Gasteiger charge is 2.48. The Bertz CT molecular complexity index is 1200. The maximum absolute atomic E-state index is 10.1. The highest BCUT2D eigenvalue weighted by Crippen LogP contribution is 2.34. The standard InChI is InChI=1S/C24H29BrClN3O5Si/c1-35(2,3)9-8-31-13-29-17-10-16(26)20(14-4-6-15(25)7-5-14)27-23(17)28-24(29)34-19-12-33-21-18(30)11-32-22(19)21/h4-7,10,18-19,21-22,30H,8-9,11-13H2,1-3H3/t18-,19-,21-,22?/m1/s1. The maximum Gasteiger partial charge on any atom is 0.301 e. The fraction of sp³-hybridized carbons (Fsp3) is 0.500. The minimum absolute atomic E-state index is 0.235. The summed E-state index contributed by atoms with van der Waals surface area (Å²) in [6.45, 7) is 8.41. The molecule has 0 bridgehead atoms. The second-order valence-corrected chi connectivity index (χ2v) is 17.1. The van der Waals surface area contributed by atoms with Gasteiger partial charge in [-0.15, -0.1) is 0 Å². The van der Waals surface area contributed by atoms with Crippen LogP contribution in [0.15, 0.2) is 34.8 Å². The van der Waals surface area contributed by atoms with Crippen molar-refractivity contribution in [3.63, 3.8) is 0 Å². The number of hydrogen-bond acceptors (Lipinski definition) is 7. The molecule has 4 atom stereocenters. The average Bonchev–Trinajstić information content (AvgIpc) is 3.47. The monoisotopic (exact) mass is 581 g/mol. The Kier molecular flexibility index (Phi) is 7.24. The lowest BCUT2D eigenvalue weighted by atomic mass is 10.1. The summed E-state index contributed by atoms with van der Waals surface area (Å²) in [6, 6.07) is 11.1. The zero-order valence-electron chi connectivity index (χ0n) is 19.9. The van der Waals surface area contributed by atoms with Crippen LogP contribution in [0.5, 0.6) is 6.01 Å². The Labute approximate surface area is 218 Å². The number of ether oxygens (including phenoxy) is 4. The highest BCUT2D eigenvalue weighted by atomic mass is 79.9. The van der Waals surface area contributed by atoms with Crippen LogP contribution in [-0.2, 0) is 20.9 Å². The molecular weight excluding hydrogens is 554 g/mol. The van der Waals surface area contributed by atoms with Gasteiger partial charge in [-0.05, 0) is 24.2 Å². The van der Waals surface area contributed by atoms with Gasteiger partial charge in [-0.2, -0.15) is 4.98 Å². The molecule has 2 aromatic heterocycles. The molecule has 2 aliphatic rings. The van der Waals surface area contributed by atoms with Crippen molar-refractivity contribution < 1.29 is 24.1 Å². The van der Waals surface area contributed by atoms with Gasteiger partial charge in [0.15, 0.2) is 11.8 Å². The predicted molar refractivity (Wildman–Crippen MR) is 140 cm³/mol. The second kappa shape index (κ2) is 10.1. The van der Waals surface area contributed by atoms with Crippen molar-refractivity contribution >= 4 is 46.8 Å². The van der Waals surface area contributed by atoms with E-state index in [1.807, 2.05) is 34.9 Å². The minimum Gasteiger partial charge on any atom is -0.456 e. The first kappa shape index (κ1) is 25.1. The smallest absolute Gasteiger partial charge is 0.301 e. The molecule has 0 spiro atoms. The van der Waals surface area contributed by atoms with E-state index in [9.17, 15) is 5.11 Å². The highest BCUT2D eigenvalue weighted by molar-refractivity contribution is 9.10. The summed E-state index contributed by atoms with van der Waals surface area (Å²) in [6.07, 6.45) is -1.77. The number of fused-ring (bicyclic) bond motifs is 2. The van der Waals surface area contributed by atoms with Crippen LogP contribution < -0.4 is 4.74 Å². The lowest BCUT2D eigenvalue weighted by molar-refractivity contribution is 0.00339. The van der Waals surface area contributed by atoms with Gasteiger partial charge in [0.2, 0.25) is 0 Å². The van der Waals surface area contributed by atoms with Gasteiger partial charge in [0.1, 0.15) is 25.0 Å². The topological polar surface area (TPSA) is 87.9 Å². The van der Waals surface area contributed by atoms with Gasteiger partial charge in [0, 0.05) is 24.7 Å². The molecule has 5 rings (SSSR count). The van der Waals surface area contributed by atoms with E-state index in [2.05, 4.69) is 35.6 Å². The molecule has 0 amide bonds. The van der Waals surface area contributed by atoms with Crippen LogP contribution in [0.1, 0.15) is 0 Å². The van der Waals surface area contributed by atoms with Gasteiger partial charge in [-0.1, -0.05) is 59.3 Å². The van der Waals surface area contributed by atoms with Crippen molar-refractivity contribution in [2.75, 3.05) is 19.8 Å². The van der Waals surface area contributed by atoms with E-state index >= 15 is 0 Å². The van der Waals surface area contributed by atoms with Gasteiger partial charge in [-0.3, -0.25) is 4.57 Å². The summed E-state index contributed by atoms with van der Waals surface area (Å²) in [7, 11) is -1.23. The molecule has 0 aliphatic carbocycles. The fourth-order valence-corrected chi connectivity index (χ4v) is 5.52. The first-order valence-electron chi connectivity index (χ1n) is 11.7. The Morgan fingerprint density at radius 2 is 1.89 bits per heavy atom. The molecule has 2 saturated heterocycles. The van der Waals surface area contributed by atoms with Crippen LogP contribution in [0, 0.1) is 0 Å². The van der Waals surface area contributed by atoms with Crippen LogP contribution in [0.4, 0.5) is 0 Å². The molecule has 0 saturated carbocycles. The Morgan fingerprint density at radius 3 is 2.63 bits per heavy atom. The van der Waals surface area contributed by atoms with E-state index in [1.165, 1.54) is 0 Å². The quantitative estimate of drug-likeness (QED) is 0.303. The lowest BCUT2D eigenvalue weighted by Gasteiger charge is -2.19. The molecule has 1 N–H and O–H groups in total. The number of halogens is 2. The summed E-state index contributed by atoms with van der Waals surface area (Å²) < 4.78 is 26.6. The fourth-order valence-electron chi connectivity index (χ4n) is 4.24. The summed E-state index contributed by atoms with van der Waals surface area (Å²) in [5, 5.41) is 10.6. The van der Waals surface area contributed by atoms with Crippen molar-refractivity contribution in [3.8, 4) is 17.3 Å². The molecule has 35 heavy (non-hydrogen) atoms. The van der Waals surface area contributed by atoms with Crippen molar-refractivity contribution in [1.29, 1.82) is 0 Å². The molecule has 2 aliphatic heterocycles. The average molecular weight is 583 g/mol. The molecule has 1 unspecified atom stereocenters. The van der Waals surface area contributed by atoms with Crippen molar-refractivity contribution in [2.24, 2.45) is 0 Å². The minimum atomic E-state index is -1.23. The van der Waals surface area contributed by atoms with Crippen molar-refractivity contribution in [2.45, 2.75) is 56.8 Å². The lowest BCUT2D eigenvalue weighted by Crippen LogP contribution is -2.35. The summed E-state index contributed by atoms with van der Waals surface area (Å²) in [5.41, 5.74) is 2.78. The van der Waals surface area contributed by atoms with E-state index in [-0.39, 0.29) is 25.5 Å². The Morgan fingerprint density at radius 1 is 1.14 bits per heavy atom. The van der Waals surface area contributed by atoms with E-state index in [1.54, 1.807) is 0 Å². The Balaban J connectivity index is 1.46. The molecule has 8 nitrogen and oxygen atoms in total. The number of pyridine rings is 1. The van der Waals surface area contributed by atoms with Gasteiger partial charge < -0.3 is 24.1 Å². The number of rotatable bonds is 8. The van der Waals surface area contributed by atoms with Crippen LogP contribution in [-0.4, -0.2) is 72.0 Å². The van der Waals surface area contributed by atoms with E-state index < -0.39 is 20.3 Å². The van der Waals surface area contributed by atoms with E-state index in [0.717, 1.165) is 21.6 Å². The number of aromatic nitrogens is 3. The van der Waals surface area contributed by atoms with Crippen molar-refractivity contribution in [1.82, 2.24) is 14.5 Å². The normalized spacial score (nSPS) is 24.3. The van der Waals surface area contributed by atoms with Crippen LogP contribution >= 0.6 is 27.5 Å². The number of hydrogen-bond donors (Lipinski definition) is 1. The first-order chi connectivity index (χ1) is 16.7. The first-order valence-corrected chi connectivity index (χ1v) is 16.6. The molecule has 1 aromatic carbocycles. The molecule has 188 valence electrons. The second-order valence-electron chi connectivity index (χ2n) is 10.2. The number of benzene rings is 1. The third kappa shape index (κ3) is 5.43. The van der Waals surface area contributed by atoms with Crippen LogP contribution in [0.25, 0.3) is 22.4 Å². The molecule has 2 fully saturated rings. The van der Waals surface area contributed by atoms with Gasteiger partial charge in [-0.25, -0.2) is 4.98 Å².